The van der Waals surface area contributed by atoms with Crippen molar-refractivity contribution in [1.82, 2.24) is 0 Å². The van der Waals surface area contributed by atoms with Crippen LogP contribution in [0.3, 0.4) is 0 Å². The number of carboxylic acid groups (broad SMARTS) is 1. The molecule has 0 unspecified atom stereocenters. The van der Waals surface area contributed by atoms with Gasteiger partial charge >= 0.3 is 5.97 Å². The minimum absolute atomic E-state index is 0.170. The second kappa shape index (κ2) is 5.19. The Morgan fingerprint density at radius 2 is 2.12 bits per heavy atom. The maximum Gasteiger partial charge on any atom is 0.320 e. The molecule has 0 radical (unpaired) electrons. The van der Waals surface area contributed by atoms with Crippen molar-refractivity contribution in [1.29, 1.82) is 0 Å². The molecule has 0 saturated heterocycles. The molecule has 1 rings (SSSR count). The molecule has 1 aromatic rings. The van der Waals surface area contributed by atoms with Crippen LogP contribution in [0, 0.1) is 3.57 Å². The third-order valence-electron chi connectivity index (χ3n) is 1.51. The number of benzene rings is 1. The van der Waals surface area contributed by atoms with E-state index >= 15 is 0 Å². The standard InChI is InChI=1S/C8H7ClINO4S/c9-6-3-5(10)1-2-7(6)11-16(14,15)4-8(12)13/h1-3,11H,4H2,(H,12,13). The van der Waals surface area contributed by atoms with Crippen LogP contribution in [-0.2, 0) is 14.8 Å². The molecule has 0 aromatic heterocycles. The molecule has 0 saturated carbocycles. The number of halogens is 2. The van der Waals surface area contributed by atoms with Gasteiger partial charge in [-0.05, 0) is 40.8 Å². The minimum Gasteiger partial charge on any atom is -0.480 e. The van der Waals surface area contributed by atoms with Crippen LogP contribution < -0.4 is 4.72 Å². The fourth-order valence-corrected chi connectivity index (χ4v) is 2.81. The van der Waals surface area contributed by atoms with E-state index in [0.717, 1.165) is 3.57 Å². The Morgan fingerprint density at radius 3 is 2.62 bits per heavy atom. The summed E-state index contributed by atoms with van der Waals surface area (Å²) in [6, 6.07) is 4.70. The number of aliphatic carboxylic acids is 1. The van der Waals surface area contributed by atoms with E-state index < -0.39 is 21.7 Å². The van der Waals surface area contributed by atoms with Gasteiger partial charge in [-0.1, -0.05) is 11.6 Å². The number of hydrogen-bond acceptors (Lipinski definition) is 3. The maximum atomic E-state index is 11.3. The van der Waals surface area contributed by atoms with Crippen LogP contribution in [0.25, 0.3) is 0 Å². The predicted octanol–water partition coefficient (Wildman–Crippen LogP) is 1.77. The van der Waals surface area contributed by atoms with Crippen LogP contribution in [0.4, 0.5) is 5.69 Å². The summed E-state index contributed by atoms with van der Waals surface area (Å²) in [5.41, 5.74) is 0.170. The first kappa shape index (κ1) is 13.5. The molecule has 0 aliphatic heterocycles. The average Bonchev–Trinajstić information content (AvgIpc) is 2.07. The molecule has 0 fully saturated rings. The molecule has 0 amide bonds. The van der Waals surface area contributed by atoms with Crippen LogP contribution >= 0.6 is 34.2 Å². The van der Waals surface area contributed by atoms with Gasteiger partial charge in [-0.3, -0.25) is 9.52 Å². The molecule has 8 heteroatoms. The summed E-state index contributed by atoms with van der Waals surface area (Å²) in [5.74, 6) is -2.41. The van der Waals surface area contributed by atoms with E-state index in [1.54, 1.807) is 12.1 Å². The van der Waals surface area contributed by atoms with Crippen molar-refractivity contribution < 1.29 is 18.3 Å². The molecular formula is C8H7ClINO4S. The lowest BCUT2D eigenvalue weighted by Gasteiger charge is -2.07. The SMILES string of the molecule is O=C(O)CS(=O)(=O)Nc1ccc(I)cc1Cl. The van der Waals surface area contributed by atoms with E-state index in [0.29, 0.717) is 0 Å². The molecule has 0 bridgehead atoms. The normalized spacial score (nSPS) is 11.1. The third-order valence-corrected chi connectivity index (χ3v) is 3.65. The molecule has 0 aliphatic carbocycles. The first-order chi connectivity index (χ1) is 7.30. The van der Waals surface area contributed by atoms with Crippen molar-refractivity contribution in [3.05, 3.63) is 26.8 Å². The highest BCUT2D eigenvalue weighted by molar-refractivity contribution is 14.1. The maximum absolute atomic E-state index is 11.3. The van der Waals surface area contributed by atoms with Crippen LogP contribution in [0.15, 0.2) is 18.2 Å². The van der Waals surface area contributed by atoms with E-state index in [1.807, 2.05) is 22.6 Å². The zero-order chi connectivity index (χ0) is 12.3. The second-order valence-corrected chi connectivity index (χ2v) is 6.25. The van der Waals surface area contributed by atoms with E-state index in [1.165, 1.54) is 6.07 Å². The largest absolute Gasteiger partial charge is 0.480 e. The summed E-state index contributed by atoms with van der Waals surface area (Å²) in [6.07, 6.45) is 0. The molecule has 16 heavy (non-hydrogen) atoms. The van der Waals surface area contributed by atoms with E-state index in [9.17, 15) is 13.2 Å². The van der Waals surface area contributed by atoms with Gasteiger partial charge in [0.05, 0.1) is 10.7 Å². The molecule has 2 N–H and O–H groups in total. The fourth-order valence-electron chi connectivity index (χ4n) is 0.938. The Labute approximate surface area is 111 Å². The molecule has 0 spiro atoms. The molecule has 0 heterocycles. The van der Waals surface area contributed by atoms with Crippen molar-refractivity contribution in [2.45, 2.75) is 0 Å². The molecular weight excluding hydrogens is 369 g/mol. The Morgan fingerprint density at radius 1 is 1.50 bits per heavy atom. The summed E-state index contributed by atoms with van der Waals surface area (Å²) < 4.78 is 25.5. The Balaban J connectivity index is 2.92. The summed E-state index contributed by atoms with van der Waals surface area (Å²) in [6.45, 7) is 0. The number of rotatable bonds is 4. The average molecular weight is 376 g/mol. The second-order valence-electron chi connectivity index (χ2n) is 2.88. The van der Waals surface area contributed by atoms with Crippen LogP contribution in [0.2, 0.25) is 5.02 Å². The zero-order valence-corrected chi connectivity index (χ0v) is 11.5. The van der Waals surface area contributed by atoms with E-state index in [2.05, 4.69) is 4.72 Å². The quantitative estimate of drug-likeness (QED) is 0.786. The van der Waals surface area contributed by atoms with E-state index in [-0.39, 0.29) is 10.7 Å². The Kier molecular flexibility index (Phi) is 4.39. The van der Waals surface area contributed by atoms with Crippen molar-refractivity contribution >= 4 is 55.9 Å². The number of anilines is 1. The molecule has 1 aromatic carbocycles. The first-order valence-corrected chi connectivity index (χ1v) is 7.08. The lowest BCUT2D eigenvalue weighted by atomic mass is 10.3. The van der Waals surface area contributed by atoms with Crippen molar-refractivity contribution in [3.8, 4) is 0 Å². The summed E-state index contributed by atoms with van der Waals surface area (Å²) in [7, 11) is -3.91. The number of nitrogens with one attached hydrogen (secondary N) is 1. The van der Waals surface area contributed by atoms with Gasteiger partial charge in [0.2, 0.25) is 10.0 Å². The molecule has 88 valence electrons. The van der Waals surface area contributed by atoms with Gasteiger partial charge in [-0.15, -0.1) is 0 Å². The summed E-state index contributed by atoms with van der Waals surface area (Å²) in [4.78, 5) is 10.3. The van der Waals surface area contributed by atoms with E-state index in [4.69, 9.17) is 16.7 Å². The van der Waals surface area contributed by atoms with Gasteiger partial charge in [0.15, 0.2) is 5.75 Å². The monoisotopic (exact) mass is 375 g/mol. The third kappa shape index (κ3) is 4.14. The first-order valence-electron chi connectivity index (χ1n) is 3.97. The van der Waals surface area contributed by atoms with Gasteiger partial charge in [0, 0.05) is 3.57 Å². The highest BCUT2D eigenvalue weighted by atomic mass is 127. The Hall–Kier alpha value is -0.540. The number of carbonyl (C=O) groups is 1. The fraction of sp³-hybridized carbons (Fsp3) is 0.125. The highest BCUT2D eigenvalue weighted by Gasteiger charge is 2.16. The van der Waals surface area contributed by atoms with Crippen molar-refractivity contribution in [2.24, 2.45) is 0 Å². The van der Waals surface area contributed by atoms with Gasteiger partial charge in [0.1, 0.15) is 0 Å². The van der Waals surface area contributed by atoms with Gasteiger partial charge in [0.25, 0.3) is 0 Å². The van der Waals surface area contributed by atoms with Crippen molar-refractivity contribution in [3.63, 3.8) is 0 Å². The number of carboxylic acids is 1. The smallest absolute Gasteiger partial charge is 0.320 e. The van der Waals surface area contributed by atoms with Crippen LogP contribution in [-0.4, -0.2) is 25.2 Å². The van der Waals surface area contributed by atoms with Crippen LogP contribution in [0.5, 0.6) is 0 Å². The lowest BCUT2D eigenvalue weighted by Crippen LogP contribution is -2.22. The minimum atomic E-state index is -3.91. The van der Waals surface area contributed by atoms with Crippen molar-refractivity contribution in [2.75, 3.05) is 10.5 Å². The van der Waals surface area contributed by atoms with Crippen LogP contribution in [0.1, 0.15) is 0 Å². The lowest BCUT2D eigenvalue weighted by molar-refractivity contribution is -0.134. The number of sulfonamides is 1. The molecule has 0 atom stereocenters. The van der Waals surface area contributed by atoms with Gasteiger partial charge in [-0.2, -0.15) is 0 Å². The summed E-state index contributed by atoms with van der Waals surface area (Å²) >= 11 is 7.82. The Bertz CT molecular complexity index is 517. The highest BCUT2D eigenvalue weighted by Crippen LogP contribution is 2.24. The molecule has 5 nitrogen and oxygen atoms in total. The number of hydrogen-bond donors (Lipinski definition) is 2. The van der Waals surface area contributed by atoms with Gasteiger partial charge < -0.3 is 5.11 Å². The predicted molar refractivity (Wildman–Crippen MR) is 69.2 cm³/mol. The summed E-state index contributed by atoms with van der Waals surface area (Å²) in [5, 5.41) is 8.61. The molecule has 0 aliphatic rings. The zero-order valence-electron chi connectivity index (χ0n) is 7.78. The van der Waals surface area contributed by atoms with Gasteiger partial charge in [-0.25, -0.2) is 8.42 Å². The topological polar surface area (TPSA) is 83.5 Å².